The lowest BCUT2D eigenvalue weighted by atomic mass is 10.1. The first-order chi connectivity index (χ1) is 14.1. The SMILES string of the molecule is COc1ccc(CN2C(=O)c3cccnc3C2Nc2ccccc2C(N)=O)cc1. The van der Waals surface area contributed by atoms with Gasteiger partial charge in [-0.2, -0.15) is 0 Å². The van der Waals surface area contributed by atoms with Gasteiger partial charge in [-0.15, -0.1) is 0 Å². The second-order valence-electron chi connectivity index (χ2n) is 6.67. The number of carbonyl (C=O) groups excluding carboxylic acids is 2. The summed E-state index contributed by atoms with van der Waals surface area (Å²) in [7, 11) is 1.61. The number of aromatic nitrogens is 1. The minimum absolute atomic E-state index is 0.127. The van der Waals surface area contributed by atoms with Gasteiger partial charge in [-0.1, -0.05) is 24.3 Å². The van der Waals surface area contributed by atoms with E-state index in [-0.39, 0.29) is 5.91 Å². The predicted octanol–water partition coefficient (Wildman–Crippen LogP) is 2.96. The lowest BCUT2D eigenvalue weighted by Gasteiger charge is -2.27. The Morgan fingerprint density at radius 3 is 2.62 bits per heavy atom. The molecule has 146 valence electrons. The number of methoxy groups -OCH3 is 1. The Hall–Kier alpha value is -3.87. The fourth-order valence-electron chi connectivity index (χ4n) is 3.44. The van der Waals surface area contributed by atoms with Crippen molar-refractivity contribution in [2.24, 2.45) is 5.73 Å². The van der Waals surface area contributed by atoms with Crippen molar-refractivity contribution in [2.45, 2.75) is 12.7 Å². The van der Waals surface area contributed by atoms with Crippen LogP contribution in [-0.4, -0.2) is 28.8 Å². The number of amides is 2. The van der Waals surface area contributed by atoms with Crippen LogP contribution in [-0.2, 0) is 6.54 Å². The van der Waals surface area contributed by atoms with Gasteiger partial charge in [-0.05, 0) is 42.0 Å². The Morgan fingerprint density at radius 2 is 1.90 bits per heavy atom. The van der Waals surface area contributed by atoms with Crippen LogP contribution in [0.3, 0.4) is 0 Å². The third-order valence-corrected chi connectivity index (χ3v) is 4.90. The number of fused-ring (bicyclic) bond motifs is 1. The third kappa shape index (κ3) is 3.50. The van der Waals surface area contributed by atoms with Crippen LogP contribution in [0.15, 0.2) is 66.9 Å². The first-order valence-electron chi connectivity index (χ1n) is 9.12. The topological polar surface area (TPSA) is 97.6 Å². The minimum atomic E-state index is -0.541. The average Bonchev–Trinajstić information content (AvgIpc) is 3.00. The van der Waals surface area contributed by atoms with Gasteiger partial charge in [0.05, 0.1) is 23.9 Å². The number of pyridine rings is 1. The minimum Gasteiger partial charge on any atom is -0.497 e. The molecular formula is C22H20N4O3. The Bertz CT molecular complexity index is 1070. The van der Waals surface area contributed by atoms with Crippen LogP contribution in [0, 0.1) is 0 Å². The molecule has 0 spiro atoms. The van der Waals surface area contributed by atoms with Crippen molar-refractivity contribution in [3.05, 3.63) is 89.2 Å². The monoisotopic (exact) mass is 388 g/mol. The molecule has 3 N–H and O–H groups in total. The Balaban J connectivity index is 1.69. The number of nitrogens with one attached hydrogen (secondary N) is 1. The lowest BCUT2D eigenvalue weighted by molar-refractivity contribution is 0.0727. The molecule has 0 aliphatic carbocycles. The number of carbonyl (C=O) groups is 2. The molecule has 7 heteroatoms. The zero-order valence-electron chi connectivity index (χ0n) is 15.8. The number of anilines is 1. The van der Waals surface area contributed by atoms with Crippen molar-refractivity contribution in [1.82, 2.24) is 9.88 Å². The summed E-state index contributed by atoms with van der Waals surface area (Å²) in [4.78, 5) is 31.0. The number of rotatable bonds is 6. The number of nitrogens with zero attached hydrogens (tertiary/aromatic N) is 2. The van der Waals surface area contributed by atoms with Crippen molar-refractivity contribution >= 4 is 17.5 Å². The molecule has 0 bridgehead atoms. The molecule has 0 saturated carbocycles. The van der Waals surface area contributed by atoms with Gasteiger partial charge < -0.3 is 20.7 Å². The van der Waals surface area contributed by atoms with Gasteiger partial charge in [0.15, 0.2) is 0 Å². The standard InChI is InChI=1S/C22H20N4O3/c1-29-15-10-8-14(9-11-15)13-26-21(19-17(22(26)28)6-4-12-24-19)25-18-7-3-2-5-16(18)20(23)27/h2-12,21,25H,13H2,1H3,(H2,23,27). The highest BCUT2D eigenvalue weighted by atomic mass is 16.5. The molecule has 2 aromatic carbocycles. The van der Waals surface area contributed by atoms with Gasteiger partial charge in [-0.25, -0.2) is 0 Å². The molecular weight excluding hydrogens is 368 g/mol. The van der Waals surface area contributed by atoms with E-state index in [9.17, 15) is 9.59 Å². The summed E-state index contributed by atoms with van der Waals surface area (Å²) in [6, 6.07) is 18.0. The summed E-state index contributed by atoms with van der Waals surface area (Å²) in [6.07, 6.45) is 1.12. The fourth-order valence-corrected chi connectivity index (χ4v) is 3.44. The van der Waals surface area contributed by atoms with Gasteiger partial charge in [0, 0.05) is 18.4 Å². The second-order valence-corrected chi connectivity index (χ2v) is 6.67. The number of primary amides is 1. The van der Waals surface area contributed by atoms with E-state index in [4.69, 9.17) is 10.5 Å². The Kier molecular flexibility index (Phi) is 4.87. The van der Waals surface area contributed by atoms with Gasteiger partial charge in [0.1, 0.15) is 11.9 Å². The highest BCUT2D eigenvalue weighted by Crippen LogP contribution is 2.35. The molecule has 2 amide bonds. The van der Waals surface area contributed by atoms with E-state index in [0.29, 0.717) is 29.1 Å². The molecule has 7 nitrogen and oxygen atoms in total. The highest BCUT2D eigenvalue weighted by molar-refractivity contribution is 6.00. The first-order valence-corrected chi connectivity index (χ1v) is 9.12. The normalized spacial score (nSPS) is 15.1. The number of hydrogen-bond acceptors (Lipinski definition) is 5. The molecule has 3 aromatic rings. The molecule has 1 unspecified atom stereocenters. The largest absolute Gasteiger partial charge is 0.497 e. The zero-order chi connectivity index (χ0) is 20.4. The molecule has 0 saturated heterocycles. The molecule has 1 aliphatic rings. The number of hydrogen-bond donors (Lipinski definition) is 2. The maximum Gasteiger partial charge on any atom is 0.258 e. The first kappa shape index (κ1) is 18.5. The third-order valence-electron chi connectivity index (χ3n) is 4.90. The molecule has 0 fully saturated rings. The Morgan fingerprint density at radius 1 is 1.14 bits per heavy atom. The van der Waals surface area contributed by atoms with Crippen LogP contribution in [0.4, 0.5) is 5.69 Å². The van der Waals surface area contributed by atoms with Crippen molar-refractivity contribution < 1.29 is 14.3 Å². The molecule has 29 heavy (non-hydrogen) atoms. The number of nitrogens with two attached hydrogens (primary N) is 1. The fraction of sp³-hybridized carbons (Fsp3) is 0.136. The number of ether oxygens (including phenoxy) is 1. The van der Waals surface area contributed by atoms with Crippen molar-refractivity contribution in [3.8, 4) is 5.75 Å². The molecule has 1 aromatic heterocycles. The molecule has 1 atom stereocenters. The zero-order valence-corrected chi connectivity index (χ0v) is 15.8. The average molecular weight is 388 g/mol. The smallest absolute Gasteiger partial charge is 0.258 e. The van der Waals surface area contributed by atoms with E-state index in [1.165, 1.54) is 0 Å². The Labute approximate surface area is 168 Å². The quantitative estimate of drug-likeness (QED) is 0.677. The molecule has 2 heterocycles. The predicted molar refractivity (Wildman–Crippen MR) is 108 cm³/mol. The van der Waals surface area contributed by atoms with E-state index < -0.39 is 12.1 Å². The molecule has 0 radical (unpaired) electrons. The summed E-state index contributed by atoms with van der Waals surface area (Å²) in [6.45, 7) is 0.371. The highest BCUT2D eigenvalue weighted by Gasteiger charge is 2.38. The summed E-state index contributed by atoms with van der Waals surface area (Å²) in [5, 5.41) is 3.29. The van der Waals surface area contributed by atoms with E-state index in [0.717, 1.165) is 11.3 Å². The van der Waals surface area contributed by atoms with Gasteiger partial charge in [0.2, 0.25) is 0 Å². The maximum absolute atomic E-state index is 13.1. The number of benzene rings is 2. The van der Waals surface area contributed by atoms with Crippen LogP contribution in [0.5, 0.6) is 5.75 Å². The lowest BCUT2D eigenvalue weighted by Crippen LogP contribution is -2.32. The van der Waals surface area contributed by atoms with Gasteiger partial charge >= 0.3 is 0 Å². The van der Waals surface area contributed by atoms with E-state index >= 15 is 0 Å². The molecule has 1 aliphatic heterocycles. The van der Waals surface area contributed by atoms with Crippen molar-refractivity contribution in [3.63, 3.8) is 0 Å². The second kappa shape index (κ2) is 7.63. The van der Waals surface area contributed by atoms with Crippen LogP contribution in [0.2, 0.25) is 0 Å². The summed E-state index contributed by atoms with van der Waals surface area (Å²) < 4.78 is 5.20. The van der Waals surface area contributed by atoms with Crippen molar-refractivity contribution in [2.75, 3.05) is 12.4 Å². The van der Waals surface area contributed by atoms with E-state index in [1.807, 2.05) is 24.3 Å². The van der Waals surface area contributed by atoms with Crippen LogP contribution >= 0.6 is 0 Å². The van der Waals surface area contributed by atoms with Crippen LogP contribution in [0.25, 0.3) is 0 Å². The molecule has 4 rings (SSSR count). The van der Waals surface area contributed by atoms with Crippen LogP contribution in [0.1, 0.15) is 38.1 Å². The van der Waals surface area contributed by atoms with Gasteiger partial charge in [0.25, 0.3) is 11.8 Å². The number of para-hydroxylation sites is 1. The van der Waals surface area contributed by atoms with E-state index in [2.05, 4.69) is 10.3 Å². The summed E-state index contributed by atoms with van der Waals surface area (Å²) >= 11 is 0. The maximum atomic E-state index is 13.1. The van der Waals surface area contributed by atoms with Crippen LogP contribution < -0.4 is 15.8 Å². The van der Waals surface area contributed by atoms with E-state index in [1.54, 1.807) is 54.6 Å². The summed E-state index contributed by atoms with van der Waals surface area (Å²) in [5.41, 5.74) is 8.52. The summed E-state index contributed by atoms with van der Waals surface area (Å²) in [5.74, 6) is 0.0786. The van der Waals surface area contributed by atoms with Crippen molar-refractivity contribution in [1.29, 1.82) is 0 Å². The van der Waals surface area contributed by atoms with Gasteiger partial charge in [-0.3, -0.25) is 14.6 Å².